The van der Waals surface area contributed by atoms with E-state index in [0.29, 0.717) is 19.7 Å². The molecule has 1 atom stereocenters. The van der Waals surface area contributed by atoms with Gasteiger partial charge in [-0.3, -0.25) is 4.79 Å². The number of hydrogen-bond donors (Lipinski definition) is 0. The fourth-order valence-corrected chi connectivity index (χ4v) is 4.04. The van der Waals surface area contributed by atoms with E-state index in [9.17, 15) is 4.79 Å². The summed E-state index contributed by atoms with van der Waals surface area (Å²) in [6.07, 6.45) is 11.7. The molecule has 1 amide bonds. The van der Waals surface area contributed by atoms with Gasteiger partial charge in [0.15, 0.2) is 0 Å². The van der Waals surface area contributed by atoms with Crippen LogP contribution in [0, 0.1) is 0 Å². The van der Waals surface area contributed by atoms with Crippen LogP contribution in [-0.2, 0) is 9.53 Å². The third-order valence-corrected chi connectivity index (χ3v) is 5.55. The van der Waals surface area contributed by atoms with Gasteiger partial charge in [0.1, 0.15) is 6.10 Å². The first-order chi connectivity index (χ1) is 12.8. The summed E-state index contributed by atoms with van der Waals surface area (Å²) in [5.74, 6) is 0.979. The summed E-state index contributed by atoms with van der Waals surface area (Å²) < 4.78 is 5.95. The van der Waals surface area contributed by atoms with Gasteiger partial charge in [-0.15, -0.1) is 0 Å². The van der Waals surface area contributed by atoms with Crippen molar-refractivity contribution < 1.29 is 9.53 Å². The molecule has 0 unspecified atom stereocenters. The molecule has 4 rings (SSSR count). The third-order valence-electron chi connectivity index (χ3n) is 5.55. The van der Waals surface area contributed by atoms with E-state index < -0.39 is 0 Å². The van der Waals surface area contributed by atoms with E-state index in [-0.39, 0.29) is 12.0 Å². The van der Waals surface area contributed by atoms with Crippen LogP contribution < -0.4 is 4.90 Å². The summed E-state index contributed by atoms with van der Waals surface area (Å²) in [4.78, 5) is 26.3. The molecule has 1 aromatic heterocycles. The van der Waals surface area contributed by atoms with Crippen molar-refractivity contribution in [2.75, 3.05) is 37.7 Å². The number of ether oxygens (including phenoxy) is 1. The Morgan fingerprint density at radius 1 is 1.12 bits per heavy atom. The number of hydrogen-bond acceptors (Lipinski definition) is 5. The molecule has 26 heavy (non-hydrogen) atoms. The first-order valence-electron chi connectivity index (χ1n) is 9.99. The van der Waals surface area contributed by atoms with Crippen LogP contribution in [0.3, 0.4) is 0 Å². The number of aromatic nitrogens is 2. The van der Waals surface area contributed by atoms with Gasteiger partial charge in [-0.1, -0.05) is 12.5 Å². The molecule has 1 aliphatic carbocycles. The Balaban J connectivity index is 1.45. The predicted octanol–water partition coefficient (Wildman–Crippen LogP) is 2.87. The predicted molar refractivity (Wildman–Crippen MR) is 99.9 cm³/mol. The van der Waals surface area contributed by atoms with Crippen LogP contribution in [0.1, 0.15) is 56.7 Å². The van der Waals surface area contributed by atoms with Gasteiger partial charge in [-0.05, 0) is 44.6 Å². The second kappa shape index (κ2) is 8.16. The van der Waals surface area contributed by atoms with E-state index >= 15 is 0 Å². The molecule has 0 saturated carbocycles. The van der Waals surface area contributed by atoms with Crippen LogP contribution in [-0.4, -0.2) is 53.6 Å². The first kappa shape index (κ1) is 17.5. The molecule has 2 fully saturated rings. The lowest BCUT2D eigenvalue weighted by molar-refractivity contribution is -0.135. The molecule has 0 radical (unpaired) electrons. The van der Waals surface area contributed by atoms with Crippen LogP contribution in [0.15, 0.2) is 23.9 Å². The highest BCUT2D eigenvalue weighted by Gasteiger charge is 2.28. The normalized spacial score (nSPS) is 24.3. The zero-order chi connectivity index (χ0) is 17.8. The van der Waals surface area contributed by atoms with E-state index in [4.69, 9.17) is 9.72 Å². The van der Waals surface area contributed by atoms with Crippen LogP contribution >= 0.6 is 0 Å². The van der Waals surface area contributed by atoms with Gasteiger partial charge in [-0.25, -0.2) is 9.97 Å². The first-order valence-corrected chi connectivity index (χ1v) is 9.99. The van der Waals surface area contributed by atoms with Crippen molar-refractivity contribution in [3.05, 3.63) is 29.6 Å². The average molecular weight is 356 g/mol. The van der Waals surface area contributed by atoms with Crippen molar-refractivity contribution in [1.29, 1.82) is 0 Å². The highest BCUT2D eigenvalue weighted by Crippen LogP contribution is 2.26. The van der Waals surface area contributed by atoms with E-state index in [0.717, 1.165) is 49.6 Å². The average Bonchev–Trinajstić information content (AvgIpc) is 3.10. The van der Waals surface area contributed by atoms with Gasteiger partial charge >= 0.3 is 0 Å². The molecule has 3 aliphatic rings. The molecular weight excluding hydrogens is 328 g/mol. The second-order valence-corrected chi connectivity index (χ2v) is 7.41. The maximum absolute atomic E-state index is 12.9. The van der Waals surface area contributed by atoms with Crippen molar-refractivity contribution >= 4 is 11.9 Å². The molecule has 2 aliphatic heterocycles. The number of anilines is 1. The summed E-state index contributed by atoms with van der Waals surface area (Å²) in [7, 11) is 0. The lowest BCUT2D eigenvalue weighted by Crippen LogP contribution is -2.43. The third kappa shape index (κ3) is 3.90. The summed E-state index contributed by atoms with van der Waals surface area (Å²) in [6.45, 7) is 3.84. The van der Waals surface area contributed by atoms with Crippen LogP contribution in [0.4, 0.5) is 5.95 Å². The molecular formula is C20H28N4O2. The highest BCUT2D eigenvalue weighted by atomic mass is 16.5. The molecule has 2 saturated heterocycles. The zero-order valence-corrected chi connectivity index (χ0v) is 15.4. The topological polar surface area (TPSA) is 58.6 Å². The number of carbonyl (C=O) groups excluding carboxylic acids is 1. The van der Waals surface area contributed by atoms with Gasteiger partial charge < -0.3 is 14.5 Å². The van der Waals surface area contributed by atoms with Crippen molar-refractivity contribution in [3.8, 4) is 0 Å². The number of morpholine rings is 1. The van der Waals surface area contributed by atoms with Crippen molar-refractivity contribution in [2.24, 2.45) is 0 Å². The van der Waals surface area contributed by atoms with E-state index in [1.807, 2.05) is 17.2 Å². The second-order valence-electron chi connectivity index (χ2n) is 7.41. The maximum atomic E-state index is 12.9. The standard InChI is InChI=1S/C20H28N4O2/c25-19(16-7-3-1-2-4-8-16)24-13-14-26-18(15-24)17-9-10-21-20(22-17)23-11-5-6-12-23/h7,9-10,18H,1-6,8,11-15H2/t18-/m0/s1. The highest BCUT2D eigenvalue weighted by molar-refractivity contribution is 5.93. The largest absolute Gasteiger partial charge is 0.368 e. The zero-order valence-electron chi connectivity index (χ0n) is 15.4. The van der Waals surface area contributed by atoms with Crippen molar-refractivity contribution in [2.45, 2.75) is 51.0 Å². The van der Waals surface area contributed by atoms with Crippen LogP contribution in [0.5, 0.6) is 0 Å². The fraction of sp³-hybridized carbons (Fsp3) is 0.650. The SMILES string of the molecule is O=C(C1=CCCCCC1)N1CCO[C@H](c2ccnc(N3CCCC3)n2)C1. The van der Waals surface area contributed by atoms with Crippen LogP contribution in [0.25, 0.3) is 0 Å². The molecule has 0 bridgehead atoms. The smallest absolute Gasteiger partial charge is 0.249 e. The molecule has 140 valence electrons. The molecule has 0 N–H and O–H groups in total. The minimum Gasteiger partial charge on any atom is -0.368 e. The molecule has 0 aromatic carbocycles. The lowest BCUT2D eigenvalue weighted by atomic mass is 10.1. The minimum atomic E-state index is -0.163. The number of amides is 1. The molecule has 6 nitrogen and oxygen atoms in total. The van der Waals surface area contributed by atoms with Gasteiger partial charge in [0.05, 0.1) is 18.8 Å². The Bertz CT molecular complexity index is 670. The Kier molecular flexibility index (Phi) is 5.48. The van der Waals surface area contributed by atoms with Gasteiger partial charge in [-0.2, -0.15) is 0 Å². The molecule has 3 heterocycles. The van der Waals surface area contributed by atoms with E-state index in [1.54, 1.807) is 0 Å². The van der Waals surface area contributed by atoms with Crippen molar-refractivity contribution in [3.63, 3.8) is 0 Å². The monoisotopic (exact) mass is 356 g/mol. The van der Waals surface area contributed by atoms with Gasteiger partial charge in [0, 0.05) is 31.4 Å². The van der Waals surface area contributed by atoms with Crippen LogP contribution in [0.2, 0.25) is 0 Å². The number of carbonyl (C=O) groups is 1. The number of nitrogens with zero attached hydrogens (tertiary/aromatic N) is 4. The summed E-state index contributed by atoms with van der Waals surface area (Å²) >= 11 is 0. The van der Waals surface area contributed by atoms with Gasteiger partial charge in [0.25, 0.3) is 0 Å². The Morgan fingerprint density at radius 2 is 2.00 bits per heavy atom. The van der Waals surface area contributed by atoms with E-state index in [1.165, 1.54) is 25.7 Å². The quantitative estimate of drug-likeness (QED) is 0.833. The number of rotatable bonds is 3. The summed E-state index contributed by atoms with van der Waals surface area (Å²) in [5, 5.41) is 0. The van der Waals surface area contributed by atoms with Crippen molar-refractivity contribution in [1.82, 2.24) is 14.9 Å². The molecule has 6 heteroatoms. The fourth-order valence-electron chi connectivity index (χ4n) is 4.04. The lowest BCUT2D eigenvalue weighted by Gasteiger charge is -2.33. The maximum Gasteiger partial charge on any atom is 0.249 e. The minimum absolute atomic E-state index is 0.163. The summed E-state index contributed by atoms with van der Waals surface area (Å²) in [6, 6.07) is 1.92. The Hall–Kier alpha value is -1.95. The van der Waals surface area contributed by atoms with E-state index in [2.05, 4.69) is 16.0 Å². The summed E-state index contributed by atoms with van der Waals surface area (Å²) in [5.41, 5.74) is 1.87. The molecule has 0 spiro atoms. The Morgan fingerprint density at radius 3 is 2.88 bits per heavy atom. The molecule has 1 aromatic rings. The number of allylic oxidation sites excluding steroid dienone is 1. The Labute approximate surface area is 155 Å². The van der Waals surface area contributed by atoms with Gasteiger partial charge in [0.2, 0.25) is 11.9 Å².